The third kappa shape index (κ3) is 7.70. The molecular weight excluding hydrogens is 836 g/mol. The number of alkyl halides is 2. The molecule has 0 radical (unpaired) electrons. The van der Waals surface area contributed by atoms with E-state index in [1.807, 2.05) is 23.1 Å². The smallest absolute Gasteiger partial charge is 0.301 e. The molecule has 3 aromatic heterocycles. The number of likely N-dealkylation sites (tertiary alicyclic amines) is 1. The van der Waals surface area contributed by atoms with Crippen LogP contribution >= 0.6 is 11.6 Å². The van der Waals surface area contributed by atoms with Crippen LogP contribution in [0, 0.1) is 11.8 Å². The summed E-state index contributed by atoms with van der Waals surface area (Å²) in [5.74, 6) is -3.33. The van der Waals surface area contributed by atoms with Crippen molar-refractivity contribution in [3.63, 3.8) is 0 Å². The lowest BCUT2D eigenvalue weighted by molar-refractivity contribution is -0.134. The number of aryl methyl sites for hydroxylation is 2. The van der Waals surface area contributed by atoms with Crippen LogP contribution in [0.25, 0.3) is 21.8 Å². The molecule has 3 amide bonds. The van der Waals surface area contributed by atoms with Gasteiger partial charge in [-0.3, -0.25) is 34.1 Å². The molecule has 0 bridgehead atoms. The minimum atomic E-state index is -3.14. The summed E-state index contributed by atoms with van der Waals surface area (Å²) in [4.78, 5) is 67.5. The van der Waals surface area contributed by atoms with Crippen LogP contribution in [-0.2, 0) is 23.7 Å². The van der Waals surface area contributed by atoms with Gasteiger partial charge >= 0.3 is 5.92 Å². The number of aromatic nitrogens is 5. The highest BCUT2D eigenvalue weighted by molar-refractivity contribution is 6.33. The van der Waals surface area contributed by atoms with Crippen molar-refractivity contribution in [2.45, 2.75) is 56.4 Å². The minimum Gasteiger partial charge on any atom is -0.480 e. The van der Waals surface area contributed by atoms with Crippen LogP contribution in [0.1, 0.15) is 60.5 Å². The van der Waals surface area contributed by atoms with Gasteiger partial charge < -0.3 is 29.7 Å². The van der Waals surface area contributed by atoms with Gasteiger partial charge in [-0.2, -0.15) is 10.1 Å². The predicted molar refractivity (Wildman–Crippen MR) is 233 cm³/mol. The monoisotopic (exact) mass is 883 g/mol. The molecule has 2 aromatic carbocycles. The lowest BCUT2D eigenvalue weighted by Gasteiger charge is -2.39. The van der Waals surface area contributed by atoms with E-state index in [2.05, 4.69) is 35.8 Å². The Morgan fingerprint density at radius 1 is 0.984 bits per heavy atom. The molecule has 5 aromatic rings. The molecular formula is C44H48ClF2N11O5. The molecule has 10 rings (SSSR count). The van der Waals surface area contributed by atoms with Crippen LogP contribution in [0.15, 0.2) is 47.4 Å². The van der Waals surface area contributed by atoms with Crippen LogP contribution in [0.4, 0.5) is 31.9 Å². The number of imide groups is 1. The summed E-state index contributed by atoms with van der Waals surface area (Å²) in [7, 11) is 3.38. The molecule has 63 heavy (non-hydrogen) atoms. The molecule has 330 valence electrons. The Hall–Kier alpha value is -5.88. The normalized spacial score (nSPS) is 22.0. The van der Waals surface area contributed by atoms with Crippen molar-refractivity contribution in [3.05, 3.63) is 69.2 Å². The van der Waals surface area contributed by atoms with E-state index in [-0.39, 0.29) is 41.5 Å². The molecule has 7 heterocycles. The molecule has 1 saturated carbocycles. The Balaban J connectivity index is 0.764. The Morgan fingerprint density at radius 2 is 1.76 bits per heavy atom. The lowest BCUT2D eigenvalue weighted by Crippen LogP contribution is -2.49. The number of pyridine rings is 1. The maximum absolute atomic E-state index is 15.2. The van der Waals surface area contributed by atoms with Gasteiger partial charge in [0.1, 0.15) is 5.02 Å². The molecule has 0 spiro atoms. The zero-order valence-corrected chi connectivity index (χ0v) is 35.8. The number of halogens is 3. The summed E-state index contributed by atoms with van der Waals surface area (Å²) < 4.78 is 38.9. The van der Waals surface area contributed by atoms with Crippen LogP contribution in [0.3, 0.4) is 0 Å². The molecule has 16 nitrogen and oxygen atoms in total. The summed E-state index contributed by atoms with van der Waals surface area (Å²) in [6.45, 7) is 4.40. The Bertz CT molecular complexity index is 2720. The summed E-state index contributed by atoms with van der Waals surface area (Å²) in [6, 6.07) is 9.74. The van der Waals surface area contributed by atoms with Crippen molar-refractivity contribution in [1.29, 1.82) is 0 Å². The number of hydrogen-bond donors (Lipinski definition) is 3. The minimum absolute atomic E-state index is 0.0508. The van der Waals surface area contributed by atoms with E-state index >= 15 is 8.78 Å². The highest BCUT2D eigenvalue weighted by Gasteiger charge is 2.51. The van der Waals surface area contributed by atoms with Crippen molar-refractivity contribution >= 4 is 74.3 Å². The van der Waals surface area contributed by atoms with E-state index in [9.17, 15) is 19.2 Å². The van der Waals surface area contributed by atoms with Crippen molar-refractivity contribution in [2.24, 2.45) is 25.9 Å². The fraction of sp³-hybridized carbons (Fsp3) is 0.477. The lowest BCUT2D eigenvalue weighted by atomic mass is 9.92. The van der Waals surface area contributed by atoms with Gasteiger partial charge in [-0.05, 0) is 68.2 Å². The first-order chi connectivity index (χ1) is 30.3. The fourth-order valence-electron chi connectivity index (χ4n) is 9.75. The Morgan fingerprint density at radius 3 is 2.51 bits per heavy atom. The first-order valence-corrected chi connectivity index (χ1v) is 22.0. The molecule has 1 aliphatic carbocycles. The zero-order valence-electron chi connectivity index (χ0n) is 35.0. The number of hydrogen-bond acceptors (Lipinski definition) is 12. The predicted octanol–water partition coefficient (Wildman–Crippen LogP) is 5.03. The number of piperidine rings is 2. The molecule has 3 saturated heterocycles. The number of amides is 3. The topological polar surface area (TPSA) is 172 Å². The van der Waals surface area contributed by atoms with E-state index in [4.69, 9.17) is 21.3 Å². The molecule has 3 N–H and O–H groups in total. The molecule has 2 unspecified atom stereocenters. The van der Waals surface area contributed by atoms with Gasteiger partial charge in [-0.15, -0.1) is 0 Å². The second-order valence-electron chi connectivity index (χ2n) is 17.5. The summed E-state index contributed by atoms with van der Waals surface area (Å²) in [6.07, 6.45) is 5.35. The number of nitrogens with zero attached hydrogens (tertiary/aromatic N) is 8. The first kappa shape index (κ1) is 41.1. The average molecular weight is 884 g/mol. The number of rotatable bonds is 8. The number of piperazine rings is 1. The van der Waals surface area contributed by atoms with Crippen molar-refractivity contribution in [1.82, 2.24) is 39.4 Å². The second-order valence-corrected chi connectivity index (χ2v) is 17.9. The number of ether oxygens (including phenoxy) is 1. The highest BCUT2D eigenvalue weighted by atomic mass is 35.5. The number of anilines is 4. The van der Waals surface area contributed by atoms with Crippen LogP contribution in [0.2, 0.25) is 5.02 Å². The number of para-hydroxylation sites is 1. The molecule has 4 fully saturated rings. The zero-order chi connectivity index (χ0) is 43.7. The van der Waals surface area contributed by atoms with Crippen LogP contribution in [-0.4, -0.2) is 116 Å². The second kappa shape index (κ2) is 16.0. The molecule has 4 aliphatic heterocycles. The number of carbonyl (C=O) groups is 3. The van der Waals surface area contributed by atoms with E-state index in [0.717, 1.165) is 37.9 Å². The van der Waals surface area contributed by atoms with E-state index in [1.54, 1.807) is 43.2 Å². The Labute approximate surface area is 365 Å². The van der Waals surface area contributed by atoms with Crippen molar-refractivity contribution in [3.8, 4) is 5.75 Å². The standard InChI is InChI=1S/C44H48ClF2N11O5/c1-54-32-10-8-26(20-30(32)35-37(42(54)62)63-23-44(46,47)38(51-35)25-6-7-25)49-39-31(45)21-48-43(52-39)58-18-16-56(17-19-58)22-24-12-14-57(15-13-24)41(61)29-5-3-4-27-34(53-55(2)36(27)29)28-9-11-33(59)50-40(28)60/h3-5,8,10,20-21,24-25,28,38,51H,6-7,9,11-19,22-23H2,1-2H3,(H,48,49,52)(H,50,59,60). The average Bonchev–Trinajstić information content (AvgIpc) is 4.08. The summed E-state index contributed by atoms with van der Waals surface area (Å²) >= 11 is 6.62. The van der Waals surface area contributed by atoms with Gasteiger partial charge in [0.2, 0.25) is 23.5 Å². The highest BCUT2D eigenvalue weighted by Crippen LogP contribution is 2.46. The van der Waals surface area contributed by atoms with Gasteiger partial charge in [-0.1, -0.05) is 23.7 Å². The first-order valence-electron chi connectivity index (χ1n) is 21.6. The van der Waals surface area contributed by atoms with E-state index in [0.29, 0.717) is 102 Å². The number of nitrogens with one attached hydrogen (secondary N) is 3. The number of carbonyl (C=O) groups excluding carboxylic acids is 3. The molecule has 2 atom stereocenters. The summed E-state index contributed by atoms with van der Waals surface area (Å²) in [5.41, 5.74) is 2.78. The van der Waals surface area contributed by atoms with Gasteiger partial charge in [0.05, 0.1) is 46.1 Å². The Kier molecular flexibility index (Phi) is 10.5. The van der Waals surface area contributed by atoms with Gasteiger partial charge in [0, 0.05) is 82.8 Å². The largest absolute Gasteiger partial charge is 0.480 e. The fourth-order valence-corrected chi connectivity index (χ4v) is 9.89. The van der Waals surface area contributed by atoms with Crippen LogP contribution < -0.4 is 31.1 Å². The molecule has 5 aliphatic rings. The van der Waals surface area contributed by atoms with Gasteiger partial charge in [-0.25, -0.2) is 13.8 Å². The number of benzene rings is 2. The quantitative estimate of drug-likeness (QED) is 0.178. The van der Waals surface area contributed by atoms with Crippen LogP contribution in [0.5, 0.6) is 5.75 Å². The van der Waals surface area contributed by atoms with Gasteiger partial charge in [0.15, 0.2) is 12.4 Å². The third-order valence-electron chi connectivity index (χ3n) is 13.4. The molecule has 19 heteroatoms. The van der Waals surface area contributed by atoms with Crippen molar-refractivity contribution in [2.75, 3.05) is 68.0 Å². The summed E-state index contributed by atoms with van der Waals surface area (Å²) in [5, 5.41) is 15.0. The maximum atomic E-state index is 15.2. The van der Waals surface area contributed by atoms with Crippen molar-refractivity contribution < 1.29 is 27.9 Å². The van der Waals surface area contributed by atoms with Gasteiger partial charge in [0.25, 0.3) is 11.5 Å². The SMILES string of the molecule is Cn1nc(C2CCC(=O)NC2=O)c2cccc(C(=O)N3CCC(CN4CCN(c5ncc(Cl)c(Nc6ccc7c(c6)c6c(c(=O)n7C)OCC(F)(F)C(C7CC7)N6)n5)CC4)CC3)c21. The van der Waals surface area contributed by atoms with E-state index < -0.39 is 30.0 Å². The third-order valence-corrected chi connectivity index (χ3v) is 13.6. The van der Waals surface area contributed by atoms with E-state index in [1.165, 1.54) is 4.57 Å². The maximum Gasteiger partial charge on any atom is 0.301 e. The number of fused-ring (bicyclic) bond motifs is 4.